The van der Waals surface area contributed by atoms with Gasteiger partial charge in [-0.25, -0.2) is 0 Å². The number of allylic oxidation sites excluding steroid dienone is 1. The Morgan fingerprint density at radius 3 is 2.92 bits per heavy atom. The van der Waals surface area contributed by atoms with Crippen molar-refractivity contribution in [1.82, 2.24) is 9.78 Å². The van der Waals surface area contributed by atoms with E-state index in [9.17, 15) is 4.79 Å². The minimum atomic E-state index is 0.262. The van der Waals surface area contributed by atoms with E-state index in [4.69, 9.17) is 11.6 Å². The average Bonchev–Trinajstić information content (AvgIpc) is 2.48. The first kappa shape index (κ1) is 9.00. The molecule has 0 fully saturated rings. The second-order valence-corrected chi connectivity index (χ2v) is 2.56. The fourth-order valence-corrected chi connectivity index (χ4v) is 1.11. The molecule has 1 heterocycles. The van der Waals surface area contributed by atoms with Crippen LogP contribution in [0.3, 0.4) is 0 Å². The first-order valence-electron chi connectivity index (χ1n) is 3.50. The summed E-state index contributed by atoms with van der Waals surface area (Å²) in [5.74, 6) is 0.262. The number of hydrogen-bond acceptors (Lipinski definition) is 2. The molecule has 64 valence electrons. The standard InChI is InChI=1S/C8H9ClN2O/c1-2-3-11-5-7(6-12)8(4-9)10-11/h2,5-6H,1,3-4H2. The van der Waals surface area contributed by atoms with Gasteiger partial charge in [-0.05, 0) is 0 Å². The van der Waals surface area contributed by atoms with E-state index in [2.05, 4.69) is 11.7 Å². The van der Waals surface area contributed by atoms with E-state index in [0.29, 0.717) is 17.8 Å². The molecule has 0 aliphatic carbocycles. The number of nitrogens with zero attached hydrogens (tertiary/aromatic N) is 2. The van der Waals surface area contributed by atoms with E-state index in [1.807, 2.05) is 0 Å². The predicted molar refractivity (Wildman–Crippen MR) is 47.4 cm³/mol. The van der Waals surface area contributed by atoms with Crippen molar-refractivity contribution in [2.45, 2.75) is 12.4 Å². The molecular weight excluding hydrogens is 176 g/mol. The molecule has 1 aromatic heterocycles. The summed E-state index contributed by atoms with van der Waals surface area (Å²) in [5.41, 5.74) is 1.17. The van der Waals surface area contributed by atoms with Crippen LogP contribution in [-0.4, -0.2) is 16.1 Å². The molecule has 0 aromatic carbocycles. The lowest BCUT2D eigenvalue weighted by atomic mass is 10.3. The summed E-state index contributed by atoms with van der Waals surface area (Å²) in [4.78, 5) is 10.5. The molecule has 0 saturated heterocycles. The van der Waals surface area contributed by atoms with Crippen molar-refractivity contribution < 1.29 is 4.79 Å². The fraction of sp³-hybridized carbons (Fsp3) is 0.250. The Labute approximate surface area is 75.6 Å². The third-order valence-electron chi connectivity index (χ3n) is 1.44. The number of alkyl halides is 1. The number of carbonyl (C=O) groups is 1. The Hall–Kier alpha value is -1.09. The molecular formula is C8H9ClN2O. The van der Waals surface area contributed by atoms with Gasteiger partial charge < -0.3 is 0 Å². The van der Waals surface area contributed by atoms with Gasteiger partial charge in [-0.15, -0.1) is 18.2 Å². The molecule has 0 aliphatic heterocycles. The lowest BCUT2D eigenvalue weighted by Crippen LogP contribution is -1.95. The van der Waals surface area contributed by atoms with Gasteiger partial charge in [-0.2, -0.15) is 5.10 Å². The highest BCUT2D eigenvalue weighted by molar-refractivity contribution is 6.17. The van der Waals surface area contributed by atoms with Crippen LogP contribution in [-0.2, 0) is 12.4 Å². The average molecular weight is 185 g/mol. The van der Waals surface area contributed by atoms with E-state index in [-0.39, 0.29) is 5.88 Å². The summed E-state index contributed by atoms with van der Waals surface area (Å²) in [6.45, 7) is 4.16. The minimum Gasteiger partial charge on any atom is -0.298 e. The highest BCUT2D eigenvalue weighted by Gasteiger charge is 2.05. The summed E-state index contributed by atoms with van der Waals surface area (Å²) in [6.07, 6.45) is 4.12. The van der Waals surface area contributed by atoms with E-state index in [1.54, 1.807) is 17.0 Å². The zero-order valence-corrected chi connectivity index (χ0v) is 7.29. The number of carbonyl (C=O) groups excluding carboxylic acids is 1. The number of rotatable bonds is 4. The molecule has 0 bridgehead atoms. The monoisotopic (exact) mass is 184 g/mol. The highest BCUT2D eigenvalue weighted by atomic mass is 35.5. The van der Waals surface area contributed by atoms with Crippen LogP contribution < -0.4 is 0 Å². The fourth-order valence-electron chi connectivity index (χ4n) is 0.905. The Bertz CT molecular complexity index is 293. The minimum absolute atomic E-state index is 0.262. The van der Waals surface area contributed by atoms with E-state index in [1.165, 1.54) is 0 Å². The number of aldehydes is 1. The van der Waals surface area contributed by atoms with E-state index in [0.717, 1.165) is 6.29 Å². The first-order valence-corrected chi connectivity index (χ1v) is 4.03. The summed E-state index contributed by atoms with van der Waals surface area (Å²) in [7, 11) is 0. The maximum absolute atomic E-state index is 10.5. The molecule has 0 aliphatic rings. The summed E-state index contributed by atoms with van der Waals surface area (Å²) in [5, 5.41) is 4.07. The Morgan fingerprint density at radius 1 is 1.75 bits per heavy atom. The maximum Gasteiger partial charge on any atom is 0.153 e. The topological polar surface area (TPSA) is 34.9 Å². The van der Waals surface area contributed by atoms with Gasteiger partial charge in [0, 0.05) is 6.20 Å². The molecule has 0 saturated carbocycles. The van der Waals surface area contributed by atoms with Gasteiger partial charge in [-0.1, -0.05) is 6.08 Å². The Kier molecular flexibility index (Phi) is 3.05. The van der Waals surface area contributed by atoms with Crippen molar-refractivity contribution in [3.8, 4) is 0 Å². The van der Waals surface area contributed by atoms with Crippen molar-refractivity contribution >= 4 is 17.9 Å². The molecule has 1 rings (SSSR count). The van der Waals surface area contributed by atoms with Crippen molar-refractivity contribution in [2.75, 3.05) is 0 Å². The molecule has 4 heteroatoms. The predicted octanol–water partition coefficient (Wildman–Crippen LogP) is 1.62. The number of hydrogen-bond donors (Lipinski definition) is 0. The quantitative estimate of drug-likeness (QED) is 0.405. The molecule has 3 nitrogen and oxygen atoms in total. The van der Waals surface area contributed by atoms with Gasteiger partial charge >= 0.3 is 0 Å². The van der Waals surface area contributed by atoms with Gasteiger partial charge in [0.05, 0.1) is 23.7 Å². The van der Waals surface area contributed by atoms with Crippen LogP contribution in [0.5, 0.6) is 0 Å². The smallest absolute Gasteiger partial charge is 0.153 e. The summed E-state index contributed by atoms with van der Waals surface area (Å²) < 4.78 is 1.63. The Balaban J connectivity index is 2.96. The van der Waals surface area contributed by atoms with Crippen LogP contribution in [0.25, 0.3) is 0 Å². The van der Waals surface area contributed by atoms with Crippen LogP contribution in [0.15, 0.2) is 18.9 Å². The van der Waals surface area contributed by atoms with Crippen LogP contribution in [0.2, 0.25) is 0 Å². The van der Waals surface area contributed by atoms with Crippen molar-refractivity contribution in [3.05, 3.63) is 30.1 Å². The second kappa shape index (κ2) is 4.07. The molecule has 0 atom stereocenters. The third kappa shape index (κ3) is 1.74. The van der Waals surface area contributed by atoms with Gasteiger partial charge in [0.15, 0.2) is 6.29 Å². The van der Waals surface area contributed by atoms with Crippen LogP contribution in [0, 0.1) is 0 Å². The number of aromatic nitrogens is 2. The molecule has 0 amide bonds. The van der Waals surface area contributed by atoms with Gasteiger partial charge in [0.25, 0.3) is 0 Å². The molecule has 0 spiro atoms. The molecule has 0 unspecified atom stereocenters. The van der Waals surface area contributed by atoms with Gasteiger partial charge in [-0.3, -0.25) is 9.48 Å². The van der Waals surface area contributed by atoms with Gasteiger partial charge in [0.2, 0.25) is 0 Å². The highest BCUT2D eigenvalue weighted by Crippen LogP contribution is 2.06. The molecule has 12 heavy (non-hydrogen) atoms. The molecule has 0 N–H and O–H groups in total. The number of halogens is 1. The molecule has 0 radical (unpaired) electrons. The first-order chi connectivity index (χ1) is 5.81. The van der Waals surface area contributed by atoms with Crippen molar-refractivity contribution in [3.63, 3.8) is 0 Å². The van der Waals surface area contributed by atoms with Crippen LogP contribution in [0.1, 0.15) is 16.1 Å². The largest absolute Gasteiger partial charge is 0.298 e. The van der Waals surface area contributed by atoms with E-state index >= 15 is 0 Å². The Morgan fingerprint density at radius 2 is 2.50 bits per heavy atom. The summed E-state index contributed by atoms with van der Waals surface area (Å²) in [6, 6.07) is 0. The maximum atomic E-state index is 10.5. The van der Waals surface area contributed by atoms with Gasteiger partial charge in [0.1, 0.15) is 0 Å². The lowest BCUT2D eigenvalue weighted by molar-refractivity contribution is 0.112. The lowest BCUT2D eigenvalue weighted by Gasteiger charge is -1.91. The van der Waals surface area contributed by atoms with E-state index < -0.39 is 0 Å². The van der Waals surface area contributed by atoms with Crippen LogP contribution in [0.4, 0.5) is 0 Å². The normalized spacial score (nSPS) is 9.75. The van der Waals surface area contributed by atoms with Crippen LogP contribution >= 0.6 is 11.6 Å². The molecule has 1 aromatic rings. The third-order valence-corrected chi connectivity index (χ3v) is 1.69. The summed E-state index contributed by atoms with van der Waals surface area (Å²) >= 11 is 5.56. The van der Waals surface area contributed by atoms with Crippen molar-refractivity contribution in [2.24, 2.45) is 0 Å². The zero-order chi connectivity index (χ0) is 8.97. The van der Waals surface area contributed by atoms with Crippen molar-refractivity contribution in [1.29, 1.82) is 0 Å². The second-order valence-electron chi connectivity index (χ2n) is 2.29. The zero-order valence-electron chi connectivity index (χ0n) is 6.53. The SMILES string of the molecule is C=CCn1cc(C=O)c(CCl)n1.